The molecule has 0 saturated carbocycles. The molecule has 0 amide bonds. The van der Waals surface area contributed by atoms with E-state index in [9.17, 15) is 35.7 Å². The minimum atomic E-state index is -1.74. The molecule has 8 N–H and O–H groups in total. The number of hydrogen-bond acceptors (Lipinski definition) is 11. The molecule has 0 radical (unpaired) electrons. The summed E-state index contributed by atoms with van der Waals surface area (Å²) in [7, 11) is 0. The first-order chi connectivity index (χ1) is 10.8. The Morgan fingerprint density at radius 3 is 1.83 bits per heavy atom. The standard InChI is InChI=1S/C12H22O11/c13-1-3-5(15)6(16)9(19)12(22-3)23-10-4(2-14)21-11(20)8(18)7(10)17/h3-20H,1-2H2/t3?,4?,5-,6+,7-,8?,9?,10-,11+,12+/m1/s1. The zero-order valence-electron chi connectivity index (χ0n) is 12.0. The topological polar surface area (TPSA) is 190 Å². The van der Waals surface area contributed by atoms with Gasteiger partial charge in [-0.1, -0.05) is 0 Å². The Morgan fingerprint density at radius 1 is 0.652 bits per heavy atom. The maximum absolute atomic E-state index is 9.94. The van der Waals surface area contributed by atoms with Crippen LogP contribution in [0.4, 0.5) is 0 Å². The fourth-order valence-corrected chi connectivity index (χ4v) is 2.57. The van der Waals surface area contributed by atoms with Gasteiger partial charge in [0.05, 0.1) is 13.2 Å². The van der Waals surface area contributed by atoms with E-state index in [1.54, 1.807) is 0 Å². The highest BCUT2D eigenvalue weighted by molar-refractivity contribution is 4.93. The summed E-state index contributed by atoms with van der Waals surface area (Å²) >= 11 is 0. The third-order valence-electron chi connectivity index (χ3n) is 3.98. The van der Waals surface area contributed by atoms with Crippen molar-refractivity contribution in [1.82, 2.24) is 0 Å². The Hall–Kier alpha value is -0.440. The van der Waals surface area contributed by atoms with E-state index in [2.05, 4.69) is 0 Å². The van der Waals surface area contributed by atoms with Crippen molar-refractivity contribution in [3.05, 3.63) is 0 Å². The average Bonchev–Trinajstić information content (AvgIpc) is 2.55. The average molecular weight is 342 g/mol. The molecular weight excluding hydrogens is 320 g/mol. The van der Waals surface area contributed by atoms with Crippen LogP contribution in [0.15, 0.2) is 0 Å². The number of aliphatic hydroxyl groups excluding tert-OH is 8. The van der Waals surface area contributed by atoms with Crippen LogP contribution in [0.3, 0.4) is 0 Å². The SMILES string of the molecule is OCC1O[C@@H](O[C@@H]2C(CO)O[C@H](O)C(O)[C@H]2O)C(O)[C@@H](O)[C@@H]1O. The molecule has 0 aromatic rings. The lowest BCUT2D eigenvalue weighted by Gasteiger charge is -2.45. The molecule has 0 bridgehead atoms. The van der Waals surface area contributed by atoms with Gasteiger partial charge in [0.15, 0.2) is 12.6 Å². The van der Waals surface area contributed by atoms with Crippen LogP contribution in [-0.2, 0) is 14.2 Å². The first-order valence-electron chi connectivity index (χ1n) is 7.08. The number of rotatable bonds is 4. The molecule has 136 valence electrons. The van der Waals surface area contributed by atoms with Crippen molar-refractivity contribution in [3.63, 3.8) is 0 Å². The Morgan fingerprint density at radius 2 is 1.26 bits per heavy atom. The van der Waals surface area contributed by atoms with Crippen molar-refractivity contribution in [1.29, 1.82) is 0 Å². The summed E-state index contributed by atoms with van der Waals surface area (Å²) in [4.78, 5) is 0. The molecule has 11 heteroatoms. The van der Waals surface area contributed by atoms with Gasteiger partial charge in [0.25, 0.3) is 0 Å². The van der Waals surface area contributed by atoms with Gasteiger partial charge < -0.3 is 55.1 Å². The van der Waals surface area contributed by atoms with Gasteiger partial charge in [-0.05, 0) is 0 Å². The van der Waals surface area contributed by atoms with Gasteiger partial charge in [-0.15, -0.1) is 0 Å². The molecule has 0 aliphatic carbocycles. The van der Waals surface area contributed by atoms with Gasteiger partial charge in [-0.3, -0.25) is 0 Å². The minimum absolute atomic E-state index is 0.667. The van der Waals surface area contributed by atoms with E-state index in [0.29, 0.717) is 0 Å². The summed E-state index contributed by atoms with van der Waals surface area (Å²) in [6.45, 7) is -1.35. The largest absolute Gasteiger partial charge is 0.394 e. The van der Waals surface area contributed by atoms with E-state index in [4.69, 9.17) is 19.3 Å². The van der Waals surface area contributed by atoms with Crippen molar-refractivity contribution in [3.8, 4) is 0 Å². The highest BCUT2D eigenvalue weighted by Gasteiger charge is 2.50. The molecule has 10 atom stereocenters. The van der Waals surface area contributed by atoms with Crippen molar-refractivity contribution >= 4 is 0 Å². The lowest BCUT2D eigenvalue weighted by atomic mass is 9.97. The fraction of sp³-hybridized carbons (Fsp3) is 1.00. The summed E-state index contributed by atoms with van der Waals surface area (Å²) in [5.41, 5.74) is 0. The minimum Gasteiger partial charge on any atom is -0.394 e. The smallest absolute Gasteiger partial charge is 0.187 e. The molecule has 0 aromatic heterocycles. The van der Waals surface area contributed by atoms with Crippen LogP contribution in [0.5, 0.6) is 0 Å². The molecule has 2 aliphatic rings. The number of ether oxygens (including phenoxy) is 3. The van der Waals surface area contributed by atoms with Gasteiger partial charge in [-0.2, -0.15) is 0 Å². The highest BCUT2D eigenvalue weighted by Crippen LogP contribution is 2.28. The first kappa shape index (κ1) is 18.9. The molecule has 2 aliphatic heterocycles. The summed E-state index contributed by atoms with van der Waals surface area (Å²) in [6, 6.07) is 0. The second kappa shape index (κ2) is 7.63. The molecular formula is C12H22O11. The van der Waals surface area contributed by atoms with E-state index < -0.39 is 74.6 Å². The zero-order chi connectivity index (χ0) is 17.3. The van der Waals surface area contributed by atoms with Crippen LogP contribution < -0.4 is 0 Å². The van der Waals surface area contributed by atoms with E-state index in [1.165, 1.54) is 0 Å². The first-order valence-corrected chi connectivity index (χ1v) is 7.08. The fourth-order valence-electron chi connectivity index (χ4n) is 2.57. The summed E-state index contributed by atoms with van der Waals surface area (Å²) in [5.74, 6) is 0. The molecule has 23 heavy (non-hydrogen) atoms. The van der Waals surface area contributed by atoms with Gasteiger partial charge in [0.2, 0.25) is 0 Å². The normalized spacial score (nSPS) is 51.7. The molecule has 4 unspecified atom stereocenters. The van der Waals surface area contributed by atoms with Crippen LogP contribution in [-0.4, -0.2) is 115 Å². The van der Waals surface area contributed by atoms with E-state index >= 15 is 0 Å². The molecule has 2 heterocycles. The Kier molecular flexibility index (Phi) is 6.27. The predicted molar refractivity (Wildman–Crippen MR) is 68.6 cm³/mol. The summed E-state index contributed by atoms with van der Waals surface area (Å²) in [5, 5.41) is 76.5. The molecule has 11 nitrogen and oxygen atoms in total. The predicted octanol–water partition coefficient (Wildman–Crippen LogP) is -5.40. The van der Waals surface area contributed by atoms with Crippen molar-refractivity contribution in [2.24, 2.45) is 0 Å². The Bertz CT molecular complexity index is 378. The maximum Gasteiger partial charge on any atom is 0.187 e. The van der Waals surface area contributed by atoms with Crippen LogP contribution >= 0.6 is 0 Å². The lowest BCUT2D eigenvalue weighted by Crippen LogP contribution is -2.64. The molecule has 0 spiro atoms. The van der Waals surface area contributed by atoms with E-state index in [1.807, 2.05) is 0 Å². The van der Waals surface area contributed by atoms with Crippen molar-refractivity contribution in [2.45, 2.75) is 61.4 Å². The quantitative estimate of drug-likeness (QED) is 0.243. The third-order valence-corrected chi connectivity index (χ3v) is 3.98. The summed E-state index contributed by atoms with van der Waals surface area (Å²) in [6.07, 6.45) is -15.6. The monoisotopic (exact) mass is 342 g/mol. The van der Waals surface area contributed by atoms with Crippen molar-refractivity contribution in [2.75, 3.05) is 13.2 Å². The van der Waals surface area contributed by atoms with E-state index in [-0.39, 0.29) is 0 Å². The highest BCUT2D eigenvalue weighted by atomic mass is 16.7. The van der Waals surface area contributed by atoms with Crippen LogP contribution in [0.25, 0.3) is 0 Å². The Labute approximate surface area is 130 Å². The summed E-state index contributed by atoms with van der Waals surface area (Å²) < 4.78 is 15.3. The maximum atomic E-state index is 9.94. The van der Waals surface area contributed by atoms with Gasteiger partial charge in [0.1, 0.15) is 48.8 Å². The molecule has 2 saturated heterocycles. The Balaban J connectivity index is 2.11. The van der Waals surface area contributed by atoms with Crippen LogP contribution in [0.1, 0.15) is 0 Å². The zero-order valence-corrected chi connectivity index (χ0v) is 12.0. The van der Waals surface area contributed by atoms with E-state index in [0.717, 1.165) is 0 Å². The third kappa shape index (κ3) is 3.65. The van der Waals surface area contributed by atoms with Gasteiger partial charge in [0, 0.05) is 0 Å². The van der Waals surface area contributed by atoms with Crippen LogP contribution in [0, 0.1) is 0 Å². The lowest BCUT2D eigenvalue weighted by molar-refractivity contribution is -0.355. The second-order valence-corrected chi connectivity index (χ2v) is 5.53. The number of aliphatic hydroxyl groups is 8. The second-order valence-electron chi connectivity index (χ2n) is 5.53. The molecule has 2 fully saturated rings. The van der Waals surface area contributed by atoms with Crippen molar-refractivity contribution < 1.29 is 55.1 Å². The molecule has 0 aromatic carbocycles. The van der Waals surface area contributed by atoms with Gasteiger partial charge in [-0.25, -0.2) is 0 Å². The van der Waals surface area contributed by atoms with Gasteiger partial charge >= 0.3 is 0 Å². The van der Waals surface area contributed by atoms with Crippen LogP contribution in [0.2, 0.25) is 0 Å². The molecule has 2 rings (SSSR count). The number of hydrogen-bond donors (Lipinski definition) is 8.